The number of urea groups is 1. The lowest BCUT2D eigenvalue weighted by Gasteiger charge is -2.22. The van der Waals surface area contributed by atoms with Gasteiger partial charge < -0.3 is 24.3 Å². The molecule has 9 nitrogen and oxygen atoms in total. The van der Waals surface area contributed by atoms with Gasteiger partial charge in [0, 0.05) is 12.1 Å². The molecule has 0 saturated heterocycles. The number of ether oxygens (including phenoxy) is 4. The van der Waals surface area contributed by atoms with Gasteiger partial charge in [0.2, 0.25) is 11.9 Å². The summed E-state index contributed by atoms with van der Waals surface area (Å²) in [7, 11) is 1.44. The van der Waals surface area contributed by atoms with Crippen LogP contribution in [0.1, 0.15) is 28.9 Å². The van der Waals surface area contributed by atoms with Crippen molar-refractivity contribution in [1.29, 1.82) is 0 Å². The summed E-state index contributed by atoms with van der Waals surface area (Å²) in [6.45, 7) is 2.75. The molecule has 1 atom stereocenters. The predicted octanol–water partition coefficient (Wildman–Crippen LogP) is 2.21. The van der Waals surface area contributed by atoms with E-state index in [-0.39, 0.29) is 5.56 Å². The molecule has 9 heteroatoms. The number of imide groups is 1. The first-order valence-electron chi connectivity index (χ1n) is 9.35. The number of carbonyl (C=O) groups is 3. The maximum atomic E-state index is 12.8. The van der Waals surface area contributed by atoms with Gasteiger partial charge in [-0.3, -0.25) is 10.1 Å². The molecule has 0 saturated carbocycles. The van der Waals surface area contributed by atoms with Crippen molar-refractivity contribution < 1.29 is 33.3 Å². The maximum absolute atomic E-state index is 12.8. The van der Waals surface area contributed by atoms with Gasteiger partial charge in [-0.2, -0.15) is 0 Å². The Hall–Kier alpha value is -3.75. The molecule has 30 heavy (non-hydrogen) atoms. The molecule has 3 amide bonds. The van der Waals surface area contributed by atoms with Crippen molar-refractivity contribution in [1.82, 2.24) is 10.6 Å². The van der Waals surface area contributed by atoms with Gasteiger partial charge in [0.05, 0.1) is 12.7 Å². The van der Waals surface area contributed by atoms with Crippen molar-refractivity contribution in [2.45, 2.75) is 13.0 Å². The van der Waals surface area contributed by atoms with E-state index in [1.165, 1.54) is 19.2 Å². The summed E-state index contributed by atoms with van der Waals surface area (Å²) in [5, 5.41) is 4.63. The summed E-state index contributed by atoms with van der Waals surface area (Å²) < 4.78 is 21.8. The molecule has 2 aromatic carbocycles. The Morgan fingerprint density at radius 3 is 2.53 bits per heavy atom. The molecule has 1 heterocycles. The highest BCUT2D eigenvalue weighted by molar-refractivity contribution is 5.99. The minimum absolute atomic E-state index is 0.114. The van der Waals surface area contributed by atoms with E-state index in [4.69, 9.17) is 18.9 Å². The summed E-state index contributed by atoms with van der Waals surface area (Å²) in [6, 6.07) is 10.6. The first-order valence-corrected chi connectivity index (χ1v) is 9.35. The van der Waals surface area contributed by atoms with E-state index in [0.29, 0.717) is 42.6 Å². The second-order valence-corrected chi connectivity index (χ2v) is 6.25. The molecule has 0 fully saturated rings. The fourth-order valence-corrected chi connectivity index (χ4v) is 2.85. The van der Waals surface area contributed by atoms with Crippen LogP contribution in [0.25, 0.3) is 0 Å². The van der Waals surface area contributed by atoms with Gasteiger partial charge in [-0.25, -0.2) is 9.59 Å². The molecule has 3 rings (SSSR count). The summed E-state index contributed by atoms with van der Waals surface area (Å²) in [4.78, 5) is 37.2. The van der Waals surface area contributed by atoms with Crippen LogP contribution in [0.5, 0.6) is 17.2 Å². The average molecular weight is 414 g/mol. The third kappa shape index (κ3) is 4.80. The van der Waals surface area contributed by atoms with Crippen molar-refractivity contribution in [3.63, 3.8) is 0 Å². The quantitative estimate of drug-likeness (QED) is 0.697. The molecule has 0 aromatic heterocycles. The van der Waals surface area contributed by atoms with Crippen LogP contribution >= 0.6 is 0 Å². The number of methoxy groups -OCH3 is 1. The van der Waals surface area contributed by atoms with E-state index in [0.717, 1.165) is 0 Å². The van der Waals surface area contributed by atoms with Crippen molar-refractivity contribution in [2.24, 2.45) is 0 Å². The minimum atomic E-state index is -1.33. The molecule has 2 N–H and O–H groups in total. The molecule has 1 aliphatic rings. The Bertz CT molecular complexity index is 913. The highest BCUT2D eigenvalue weighted by Crippen LogP contribution is 2.40. The molecular weight excluding hydrogens is 392 g/mol. The lowest BCUT2D eigenvalue weighted by molar-refractivity contribution is -0.129. The largest absolute Gasteiger partial charge is 0.493 e. The van der Waals surface area contributed by atoms with Gasteiger partial charge in [0.25, 0.3) is 5.91 Å². The first-order chi connectivity index (χ1) is 14.5. The monoisotopic (exact) mass is 414 g/mol. The van der Waals surface area contributed by atoms with E-state index >= 15 is 0 Å². The molecule has 0 unspecified atom stereocenters. The topological polar surface area (TPSA) is 112 Å². The fraction of sp³-hybridized carbons (Fsp3) is 0.286. The zero-order valence-electron chi connectivity index (χ0n) is 16.6. The van der Waals surface area contributed by atoms with Gasteiger partial charge in [-0.1, -0.05) is 30.3 Å². The van der Waals surface area contributed by atoms with Gasteiger partial charge in [0.1, 0.15) is 13.2 Å². The number of amides is 3. The third-order valence-electron chi connectivity index (χ3n) is 4.20. The normalized spacial score (nSPS) is 13.0. The van der Waals surface area contributed by atoms with Crippen LogP contribution in [0.3, 0.4) is 0 Å². The highest BCUT2D eigenvalue weighted by Gasteiger charge is 2.28. The molecule has 0 aliphatic carbocycles. The van der Waals surface area contributed by atoms with Crippen LogP contribution in [0.4, 0.5) is 4.79 Å². The van der Waals surface area contributed by atoms with Gasteiger partial charge in [-0.05, 0) is 19.1 Å². The molecule has 0 spiro atoms. The number of fused-ring (bicyclic) bond motifs is 1. The van der Waals surface area contributed by atoms with Crippen molar-refractivity contribution in [3.05, 3.63) is 53.6 Å². The Labute approximate surface area is 173 Å². The Morgan fingerprint density at radius 2 is 1.83 bits per heavy atom. The average Bonchev–Trinajstić information content (AvgIpc) is 2.77. The number of carbonyl (C=O) groups excluding carboxylic acids is 3. The summed E-state index contributed by atoms with van der Waals surface area (Å²) in [6.07, 6.45) is -1.33. The molecular formula is C21H22N2O7. The van der Waals surface area contributed by atoms with Gasteiger partial charge >= 0.3 is 12.0 Å². The van der Waals surface area contributed by atoms with E-state index in [2.05, 4.69) is 10.6 Å². The minimum Gasteiger partial charge on any atom is -0.493 e. The number of nitrogens with one attached hydrogen (secondary N) is 2. The number of hydrogen-bond donors (Lipinski definition) is 2. The zero-order valence-corrected chi connectivity index (χ0v) is 16.6. The summed E-state index contributed by atoms with van der Waals surface area (Å²) in [5.74, 6) is -0.512. The second kappa shape index (κ2) is 9.64. The fourth-order valence-electron chi connectivity index (χ4n) is 2.85. The van der Waals surface area contributed by atoms with Crippen molar-refractivity contribution in [2.75, 3.05) is 26.9 Å². The van der Waals surface area contributed by atoms with Gasteiger partial charge in [0.15, 0.2) is 11.5 Å². The van der Waals surface area contributed by atoms with E-state index in [1.54, 1.807) is 37.3 Å². The number of hydrogen-bond acceptors (Lipinski definition) is 7. The first kappa shape index (κ1) is 21.0. The highest BCUT2D eigenvalue weighted by atomic mass is 16.6. The van der Waals surface area contributed by atoms with E-state index in [9.17, 15) is 14.4 Å². The molecule has 0 bridgehead atoms. The summed E-state index contributed by atoms with van der Waals surface area (Å²) >= 11 is 0. The van der Waals surface area contributed by atoms with E-state index in [1.807, 2.05) is 0 Å². The molecule has 1 aliphatic heterocycles. The molecule has 0 radical (unpaired) electrons. The number of esters is 1. The van der Waals surface area contributed by atoms with Crippen LogP contribution in [-0.4, -0.2) is 44.8 Å². The van der Waals surface area contributed by atoms with Crippen molar-refractivity contribution in [3.8, 4) is 17.2 Å². The van der Waals surface area contributed by atoms with Crippen LogP contribution < -0.4 is 24.8 Å². The number of rotatable bonds is 6. The smallest absolute Gasteiger partial charge is 0.339 e. The number of benzene rings is 2. The maximum Gasteiger partial charge on any atom is 0.339 e. The van der Waals surface area contributed by atoms with Crippen LogP contribution in [-0.2, 0) is 9.53 Å². The zero-order chi connectivity index (χ0) is 21.5. The Morgan fingerprint density at radius 1 is 1.10 bits per heavy atom. The van der Waals surface area contributed by atoms with Crippen LogP contribution in [0.15, 0.2) is 42.5 Å². The predicted molar refractivity (Wildman–Crippen MR) is 106 cm³/mol. The second-order valence-electron chi connectivity index (χ2n) is 6.25. The molecule has 158 valence electrons. The summed E-state index contributed by atoms with van der Waals surface area (Å²) in [5.41, 5.74) is 0.528. The SMILES string of the molecule is CCNC(=O)NC(=O)[C@H](OC(=O)c1cc(OC)c2c(c1)OCCO2)c1ccccc1. The lowest BCUT2D eigenvalue weighted by Crippen LogP contribution is -2.42. The lowest BCUT2D eigenvalue weighted by atomic mass is 10.1. The van der Waals surface area contributed by atoms with Crippen LogP contribution in [0, 0.1) is 0 Å². The molecule has 2 aromatic rings. The Kier molecular flexibility index (Phi) is 6.74. The third-order valence-corrected chi connectivity index (χ3v) is 4.20. The van der Waals surface area contributed by atoms with Crippen molar-refractivity contribution >= 4 is 17.9 Å². The van der Waals surface area contributed by atoms with E-state index < -0.39 is 24.0 Å². The Balaban J connectivity index is 1.86. The standard InChI is InChI=1S/C21H22N2O7/c1-3-22-21(26)23-19(24)17(13-7-5-4-6-8-13)30-20(25)14-11-15(27-2)18-16(12-14)28-9-10-29-18/h4-8,11-12,17H,3,9-10H2,1-2H3,(H2,22,23,24,26)/t17-/m1/s1. The van der Waals surface area contributed by atoms with Gasteiger partial charge in [-0.15, -0.1) is 0 Å². The van der Waals surface area contributed by atoms with Crippen LogP contribution in [0.2, 0.25) is 0 Å².